The highest BCUT2D eigenvalue weighted by atomic mass is 35.5. The van der Waals surface area contributed by atoms with E-state index in [0.717, 1.165) is 0 Å². The Hall–Kier alpha value is -1.39. The molecule has 94 valence electrons. The summed E-state index contributed by atoms with van der Waals surface area (Å²) in [6.45, 7) is 0.586. The molecule has 0 aliphatic heterocycles. The van der Waals surface area contributed by atoms with E-state index < -0.39 is 5.82 Å². The zero-order valence-electron chi connectivity index (χ0n) is 9.62. The molecule has 1 heterocycles. The van der Waals surface area contributed by atoms with Gasteiger partial charge in [-0.05, 0) is 25.0 Å². The van der Waals surface area contributed by atoms with Crippen molar-refractivity contribution in [1.29, 1.82) is 0 Å². The number of rotatable bonds is 4. The van der Waals surface area contributed by atoms with Crippen LogP contribution in [0.1, 0.15) is 18.5 Å². The topological polar surface area (TPSA) is 38.1 Å². The summed E-state index contributed by atoms with van der Waals surface area (Å²) in [5.41, 5.74) is 1.07. The van der Waals surface area contributed by atoms with E-state index in [2.05, 4.69) is 10.3 Å². The van der Waals surface area contributed by atoms with Gasteiger partial charge in [-0.1, -0.05) is 17.7 Å². The van der Waals surface area contributed by atoms with E-state index in [4.69, 9.17) is 16.0 Å². The molecule has 1 aliphatic carbocycles. The van der Waals surface area contributed by atoms with Crippen molar-refractivity contribution in [2.45, 2.75) is 25.4 Å². The van der Waals surface area contributed by atoms with Crippen molar-refractivity contribution in [1.82, 2.24) is 10.3 Å². The Morgan fingerprint density at radius 3 is 3.06 bits per heavy atom. The number of aromatic nitrogens is 1. The second-order valence-electron chi connectivity index (χ2n) is 4.38. The number of benzene rings is 1. The summed E-state index contributed by atoms with van der Waals surface area (Å²) < 4.78 is 19.2. The maximum atomic E-state index is 13.9. The predicted molar refractivity (Wildman–Crippen MR) is 66.8 cm³/mol. The molecular weight excluding hydrogens is 255 g/mol. The third-order valence-corrected chi connectivity index (χ3v) is 3.26. The average molecular weight is 267 g/mol. The first-order valence-corrected chi connectivity index (χ1v) is 6.23. The molecule has 0 bridgehead atoms. The minimum absolute atomic E-state index is 0.0880. The van der Waals surface area contributed by atoms with Crippen molar-refractivity contribution >= 4 is 11.6 Å². The summed E-state index contributed by atoms with van der Waals surface area (Å²) in [7, 11) is 0. The molecule has 0 unspecified atom stereocenters. The van der Waals surface area contributed by atoms with E-state index in [1.807, 2.05) is 0 Å². The van der Waals surface area contributed by atoms with Crippen LogP contribution < -0.4 is 5.32 Å². The van der Waals surface area contributed by atoms with Crippen LogP contribution in [0.25, 0.3) is 11.3 Å². The Bertz CT molecular complexity index is 566. The third-order valence-electron chi connectivity index (χ3n) is 2.97. The van der Waals surface area contributed by atoms with Crippen molar-refractivity contribution in [3.05, 3.63) is 41.1 Å². The van der Waals surface area contributed by atoms with Crippen molar-refractivity contribution in [2.75, 3.05) is 0 Å². The molecule has 18 heavy (non-hydrogen) atoms. The molecular formula is C13H12ClFN2O. The van der Waals surface area contributed by atoms with Crippen molar-refractivity contribution in [2.24, 2.45) is 0 Å². The molecule has 0 spiro atoms. The standard InChI is InChI=1S/C13H12ClFN2O/c14-10-3-1-2-9(12(10)15)13-11(17-7-18-13)6-16-8-4-5-8/h1-3,7-8,16H,4-6H2. The molecule has 1 aromatic carbocycles. The molecule has 0 saturated heterocycles. The average Bonchev–Trinajstić information content (AvgIpc) is 3.08. The fraction of sp³-hybridized carbons (Fsp3) is 0.308. The smallest absolute Gasteiger partial charge is 0.181 e. The van der Waals surface area contributed by atoms with Crippen LogP contribution in [-0.4, -0.2) is 11.0 Å². The summed E-state index contributed by atoms with van der Waals surface area (Å²) in [5, 5.41) is 3.41. The van der Waals surface area contributed by atoms with Crippen LogP contribution in [0.2, 0.25) is 5.02 Å². The van der Waals surface area contributed by atoms with Gasteiger partial charge in [0.05, 0.1) is 10.6 Å². The van der Waals surface area contributed by atoms with Gasteiger partial charge in [0.15, 0.2) is 18.0 Å². The van der Waals surface area contributed by atoms with Gasteiger partial charge in [0.1, 0.15) is 5.69 Å². The number of nitrogens with one attached hydrogen (secondary N) is 1. The minimum atomic E-state index is -0.469. The summed E-state index contributed by atoms with van der Waals surface area (Å²) in [4.78, 5) is 4.12. The van der Waals surface area contributed by atoms with Crippen LogP contribution in [-0.2, 0) is 6.54 Å². The number of oxazole rings is 1. The Morgan fingerprint density at radius 1 is 1.44 bits per heavy atom. The van der Waals surface area contributed by atoms with Crippen LogP contribution in [0, 0.1) is 5.82 Å². The van der Waals surface area contributed by atoms with Gasteiger partial charge in [-0.15, -0.1) is 0 Å². The Labute approximate surface area is 109 Å². The Morgan fingerprint density at radius 2 is 2.28 bits per heavy atom. The molecule has 1 aromatic heterocycles. The Balaban J connectivity index is 1.90. The molecule has 1 N–H and O–H groups in total. The van der Waals surface area contributed by atoms with Crippen LogP contribution in [0.4, 0.5) is 4.39 Å². The van der Waals surface area contributed by atoms with Crippen LogP contribution in [0.3, 0.4) is 0 Å². The van der Waals surface area contributed by atoms with E-state index in [1.165, 1.54) is 25.3 Å². The fourth-order valence-electron chi connectivity index (χ4n) is 1.82. The molecule has 2 aromatic rings. The van der Waals surface area contributed by atoms with Gasteiger partial charge in [-0.2, -0.15) is 0 Å². The number of halogens is 2. The highest BCUT2D eigenvalue weighted by Gasteiger charge is 2.22. The lowest BCUT2D eigenvalue weighted by atomic mass is 10.1. The summed E-state index contributed by atoms with van der Waals surface area (Å²) in [5.74, 6) is -0.0215. The normalized spacial score (nSPS) is 15.0. The lowest BCUT2D eigenvalue weighted by Gasteiger charge is -2.04. The molecule has 3 rings (SSSR count). The number of hydrogen-bond donors (Lipinski definition) is 1. The minimum Gasteiger partial charge on any atom is -0.443 e. The van der Waals surface area contributed by atoms with Gasteiger partial charge in [0.2, 0.25) is 0 Å². The van der Waals surface area contributed by atoms with E-state index in [9.17, 15) is 4.39 Å². The molecule has 5 heteroatoms. The van der Waals surface area contributed by atoms with Gasteiger partial charge < -0.3 is 9.73 Å². The largest absolute Gasteiger partial charge is 0.443 e. The van der Waals surface area contributed by atoms with Crippen LogP contribution >= 0.6 is 11.6 Å². The summed E-state index contributed by atoms with van der Waals surface area (Å²) in [6.07, 6.45) is 3.72. The fourth-order valence-corrected chi connectivity index (χ4v) is 2.00. The first-order valence-electron chi connectivity index (χ1n) is 5.86. The van der Waals surface area contributed by atoms with Gasteiger partial charge in [0, 0.05) is 12.6 Å². The highest BCUT2D eigenvalue weighted by Crippen LogP contribution is 2.30. The maximum Gasteiger partial charge on any atom is 0.181 e. The first-order chi connectivity index (χ1) is 8.75. The van der Waals surface area contributed by atoms with E-state index in [0.29, 0.717) is 29.6 Å². The van der Waals surface area contributed by atoms with Crippen LogP contribution in [0.5, 0.6) is 0 Å². The lowest BCUT2D eigenvalue weighted by Crippen LogP contribution is -2.16. The zero-order valence-corrected chi connectivity index (χ0v) is 10.4. The second kappa shape index (κ2) is 4.71. The molecule has 3 nitrogen and oxygen atoms in total. The number of nitrogens with zero attached hydrogens (tertiary/aromatic N) is 1. The molecule has 1 saturated carbocycles. The summed E-state index contributed by atoms with van der Waals surface area (Å²) in [6, 6.07) is 5.42. The van der Waals surface area contributed by atoms with Crippen molar-refractivity contribution < 1.29 is 8.81 Å². The molecule has 1 aliphatic rings. The van der Waals surface area contributed by atoms with Crippen LogP contribution in [0.15, 0.2) is 29.0 Å². The molecule has 0 radical (unpaired) electrons. The van der Waals surface area contributed by atoms with E-state index in [1.54, 1.807) is 12.1 Å². The lowest BCUT2D eigenvalue weighted by molar-refractivity contribution is 0.559. The number of hydrogen-bond acceptors (Lipinski definition) is 3. The molecule has 1 fully saturated rings. The van der Waals surface area contributed by atoms with Gasteiger partial charge in [0.25, 0.3) is 0 Å². The zero-order chi connectivity index (χ0) is 12.5. The van der Waals surface area contributed by atoms with Gasteiger partial charge >= 0.3 is 0 Å². The van der Waals surface area contributed by atoms with Crippen molar-refractivity contribution in [3.8, 4) is 11.3 Å². The SMILES string of the molecule is Fc1c(Cl)cccc1-c1ocnc1CNC1CC1. The third kappa shape index (κ3) is 2.26. The predicted octanol–water partition coefficient (Wildman–Crippen LogP) is 3.39. The summed E-state index contributed by atoms with van der Waals surface area (Å²) >= 11 is 5.77. The first kappa shape index (κ1) is 11.7. The van der Waals surface area contributed by atoms with E-state index >= 15 is 0 Å². The highest BCUT2D eigenvalue weighted by molar-refractivity contribution is 6.31. The monoisotopic (exact) mass is 266 g/mol. The van der Waals surface area contributed by atoms with E-state index in [-0.39, 0.29) is 5.02 Å². The quantitative estimate of drug-likeness (QED) is 0.922. The second-order valence-corrected chi connectivity index (χ2v) is 4.79. The maximum absolute atomic E-state index is 13.9. The Kier molecular flexibility index (Phi) is 3.06. The van der Waals surface area contributed by atoms with Gasteiger partial charge in [-0.3, -0.25) is 0 Å². The molecule has 0 amide bonds. The molecule has 0 atom stereocenters. The van der Waals surface area contributed by atoms with Gasteiger partial charge in [-0.25, -0.2) is 9.37 Å². The van der Waals surface area contributed by atoms with Crippen molar-refractivity contribution in [3.63, 3.8) is 0 Å².